The molecular weight excluding hydrogens is 190 g/mol. The molecule has 1 aromatic rings. The van der Waals surface area contributed by atoms with E-state index in [0.717, 1.165) is 31.9 Å². The number of rotatable bonds is 2. The summed E-state index contributed by atoms with van der Waals surface area (Å²) in [4.78, 5) is 0. The maximum Gasteiger partial charge on any atom is 0.145 e. The molecule has 1 aromatic carbocycles. The Morgan fingerprint density at radius 3 is 3.07 bits per heavy atom. The molecule has 0 amide bonds. The van der Waals surface area contributed by atoms with Gasteiger partial charge in [0, 0.05) is 12.2 Å². The van der Waals surface area contributed by atoms with Crippen molar-refractivity contribution >= 4 is 5.69 Å². The zero-order valence-corrected chi connectivity index (χ0v) is 8.66. The highest BCUT2D eigenvalue weighted by Gasteiger charge is 2.20. The van der Waals surface area contributed by atoms with Crippen molar-refractivity contribution in [1.29, 1.82) is 0 Å². The second kappa shape index (κ2) is 3.74. The monoisotopic (exact) mass is 205 g/mol. The van der Waals surface area contributed by atoms with Crippen LogP contribution in [0.25, 0.3) is 0 Å². The van der Waals surface area contributed by atoms with E-state index in [1.54, 1.807) is 0 Å². The van der Waals surface area contributed by atoms with Gasteiger partial charge in [-0.1, -0.05) is 0 Å². The summed E-state index contributed by atoms with van der Waals surface area (Å²) in [6.07, 6.45) is 2.63. The highest BCUT2D eigenvalue weighted by atomic mass is 16.6. The van der Waals surface area contributed by atoms with Crippen LogP contribution in [0.5, 0.6) is 5.75 Å². The van der Waals surface area contributed by atoms with Crippen LogP contribution in [0.1, 0.15) is 12.0 Å². The van der Waals surface area contributed by atoms with E-state index >= 15 is 0 Å². The van der Waals surface area contributed by atoms with Crippen molar-refractivity contribution in [3.63, 3.8) is 0 Å². The molecule has 1 saturated heterocycles. The van der Waals surface area contributed by atoms with Crippen molar-refractivity contribution in [3.05, 3.63) is 23.8 Å². The van der Waals surface area contributed by atoms with Crippen LogP contribution >= 0.6 is 0 Å². The van der Waals surface area contributed by atoms with Crippen LogP contribution in [-0.4, -0.2) is 25.9 Å². The Kier molecular flexibility index (Phi) is 2.25. The quantitative estimate of drug-likeness (QED) is 0.799. The Balaban J connectivity index is 1.77. The van der Waals surface area contributed by atoms with Gasteiger partial charge in [0.1, 0.15) is 11.9 Å². The lowest BCUT2D eigenvalue weighted by Crippen LogP contribution is -2.38. The maximum atomic E-state index is 5.76. The lowest BCUT2D eigenvalue weighted by Gasteiger charge is -2.27. The number of nitrogens with one attached hydrogen (secondary N) is 1. The van der Waals surface area contributed by atoms with E-state index in [2.05, 4.69) is 17.4 Å². The average molecular weight is 205 g/mol. The standard InChI is InChI=1S/C12H15NO2/c1-2-9-6-10(15-11-7-14-8-11)3-4-12(9)13-5-1/h3-4,6,11,13H,1-2,5,7-8H2. The van der Waals surface area contributed by atoms with Gasteiger partial charge in [-0.15, -0.1) is 0 Å². The molecule has 0 unspecified atom stereocenters. The van der Waals surface area contributed by atoms with Gasteiger partial charge >= 0.3 is 0 Å². The first-order valence-corrected chi connectivity index (χ1v) is 5.53. The van der Waals surface area contributed by atoms with Crippen LogP contribution in [0.15, 0.2) is 18.2 Å². The second-order valence-corrected chi connectivity index (χ2v) is 4.13. The van der Waals surface area contributed by atoms with Gasteiger partial charge in [-0.2, -0.15) is 0 Å². The fourth-order valence-corrected chi connectivity index (χ4v) is 2.00. The van der Waals surface area contributed by atoms with Gasteiger partial charge in [0.2, 0.25) is 0 Å². The summed E-state index contributed by atoms with van der Waals surface area (Å²) in [6, 6.07) is 6.30. The van der Waals surface area contributed by atoms with Gasteiger partial charge < -0.3 is 14.8 Å². The SMILES string of the molecule is c1cc2c(cc1OC1COC1)CCCN2. The minimum absolute atomic E-state index is 0.264. The third-order valence-corrected chi connectivity index (χ3v) is 2.93. The molecule has 15 heavy (non-hydrogen) atoms. The summed E-state index contributed by atoms with van der Waals surface area (Å²) in [5, 5.41) is 3.39. The Hall–Kier alpha value is -1.22. The van der Waals surface area contributed by atoms with Crippen molar-refractivity contribution in [3.8, 4) is 5.75 Å². The molecule has 1 N–H and O–H groups in total. The number of hydrogen-bond acceptors (Lipinski definition) is 3. The zero-order chi connectivity index (χ0) is 10.1. The van der Waals surface area contributed by atoms with E-state index in [9.17, 15) is 0 Å². The molecule has 80 valence electrons. The van der Waals surface area contributed by atoms with Gasteiger partial charge in [0.05, 0.1) is 13.2 Å². The highest BCUT2D eigenvalue weighted by Crippen LogP contribution is 2.27. The van der Waals surface area contributed by atoms with Crippen LogP contribution < -0.4 is 10.1 Å². The minimum atomic E-state index is 0.264. The van der Waals surface area contributed by atoms with E-state index in [0.29, 0.717) is 0 Å². The van der Waals surface area contributed by atoms with Crippen molar-refractivity contribution in [2.45, 2.75) is 18.9 Å². The molecule has 3 rings (SSSR count). The van der Waals surface area contributed by atoms with Gasteiger partial charge in [-0.25, -0.2) is 0 Å². The Labute approximate surface area is 89.4 Å². The molecule has 0 bridgehead atoms. The van der Waals surface area contributed by atoms with Crippen LogP contribution in [0.2, 0.25) is 0 Å². The number of anilines is 1. The summed E-state index contributed by atoms with van der Waals surface area (Å²) < 4.78 is 10.8. The Morgan fingerprint density at radius 1 is 1.33 bits per heavy atom. The van der Waals surface area contributed by atoms with Gasteiger partial charge in [-0.05, 0) is 36.6 Å². The summed E-state index contributed by atoms with van der Waals surface area (Å²) in [6.45, 7) is 2.55. The number of ether oxygens (including phenoxy) is 2. The molecule has 0 aromatic heterocycles. The summed E-state index contributed by atoms with van der Waals surface area (Å²) >= 11 is 0. The van der Waals surface area contributed by atoms with Gasteiger partial charge in [0.15, 0.2) is 0 Å². The van der Waals surface area contributed by atoms with Crippen LogP contribution in [0, 0.1) is 0 Å². The zero-order valence-electron chi connectivity index (χ0n) is 8.66. The minimum Gasteiger partial charge on any atom is -0.486 e. The molecule has 0 saturated carbocycles. The molecular formula is C12H15NO2. The summed E-state index contributed by atoms with van der Waals surface area (Å²) in [5.74, 6) is 0.978. The van der Waals surface area contributed by atoms with Crippen molar-refractivity contribution < 1.29 is 9.47 Å². The molecule has 0 spiro atoms. The summed E-state index contributed by atoms with van der Waals surface area (Å²) in [7, 11) is 0. The predicted molar refractivity (Wildman–Crippen MR) is 58.5 cm³/mol. The van der Waals surface area contributed by atoms with E-state index in [4.69, 9.17) is 9.47 Å². The highest BCUT2D eigenvalue weighted by molar-refractivity contribution is 5.55. The molecule has 0 aliphatic carbocycles. The molecule has 3 heteroatoms. The van der Waals surface area contributed by atoms with E-state index in [1.165, 1.54) is 17.7 Å². The molecule has 0 atom stereocenters. The number of aryl methyl sites for hydroxylation is 1. The first-order valence-electron chi connectivity index (χ1n) is 5.53. The normalized spacial score (nSPS) is 20.0. The van der Waals surface area contributed by atoms with Gasteiger partial charge in [0.25, 0.3) is 0 Å². The first kappa shape index (κ1) is 9.04. The second-order valence-electron chi connectivity index (χ2n) is 4.13. The molecule has 2 aliphatic heterocycles. The van der Waals surface area contributed by atoms with Crippen LogP contribution in [0.3, 0.4) is 0 Å². The molecule has 0 radical (unpaired) electrons. The molecule has 2 aliphatic rings. The van der Waals surface area contributed by atoms with E-state index in [1.807, 2.05) is 6.07 Å². The first-order chi connectivity index (χ1) is 7.42. The lowest BCUT2D eigenvalue weighted by molar-refractivity contribution is -0.0797. The average Bonchev–Trinajstić information content (AvgIpc) is 2.23. The topological polar surface area (TPSA) is 30.5 Å². The summed E-state index contributed by atoms with van der Waals surface area (Å²) in [5.41, 5.74) is 2.64. The largest absolute Gasteiger partial charge is 0.486 e. The fraction of sp³-hybridized carbons (Fsp3) is 0.500. The van der Waals surface area contributed by atoms with Crippen molar-refractivity contribution in [2.75, 3.05) is 25.1 Å². The van der Waals surface area contributed by atoms with Crippen molar-refractivity contribution in [2.24, 2.45) is 0 Å². The Bertz CT molecular complexity index is 361. The number of benzene rings is 1. The third-order valence-electron chi connectivity index (χ3n) is 2.93. The van der Waals surface area contributed by atoms with Crippen LogP contribution in [-0.2, 0) is 11.2 Å². The lowest BCUT2D eigenvalue weighted by atomic mass is 10.0. The smallest absolute Gasteiger partial charge is 0.145 e. The number of hydrogen-bond donors (Lipinski definition) is 1. The predicted octanol–water partition coefficient (Wildman–Crippen LogP) is 1.82. The Morgan fingerprint density at radius 2 is 2.27 bits per heavy atom. The van der Waals surface area contributed by atoms with Crippen LogP contribution in [0.4, 0.5) is 5.69 Å². The third kappa shape index (κ3) is 1.79. The maximum absolute atomic E-state index is 5.76. The van der Waals surface area contributed by atoms with E-state index in [-0.39, 0.29) is 6.10 Å². The van der Waals surface area contributed by atoms with Gasteiger partial charge in [-0.3, -0.25) is 0 Å². The number of fused-ring (bicyclic) bond motifs is 1. The molecule has 2 heterocycles. The van der Waals surface area contributed by atoms with Crippen molar-refractivity contribution in [1.82, 2.24) is 0 Å². The molecule has 3 nitrogen and oxygen atoms in total. The van der Waals surface area contributed by atoms with E-state index < -0.39 is 0 Å². The molecule has 1 fully saturated rings. The fourth-order valence-electron chi connectivity index (χ4n) is 2.00.